The Morgan fingerprint density at radius 2 is 2.00 bits per heavy atom. The minimum absolute atomic E-state index is 0.0127. The highest BCUT2D eigenvalue weighted by Gasteiger charge is 2.35. The summed E-state index contributed by atoms with van der Waals surface area (Å²) in [5.41, 5.74) is 1.16. The van der Waals surface area contributed by atoms with Gasteiger partial charge in [-0.25, -0.2) is 17.5 Å². The number of sulfone groups is 1. The highest BCUT2D eigenvalue weighted by atomic mass is 32.2. The van der Waals surface area contributed by atoms with E-state index in [1.165, 1.54) is 16.9 Å². The molecule has 1 amide bonds. The highest BCUT2D eigenvalue weighted by molar-refractivity contribution is 7.91. The number of benzene rings is 1. The fourth-order valence-corrected chi connectivity index (χ4v) is 5.40. The zero-order valence-corrected chi connectivity index (χ0v) is 17.8. The van der Waals surface area contributed by atoms with Crippen LogP contribution in [0.2, 0.25) is 0 Å². The molecule has 2 heterocycles. The lowest BCUT2D eigenvalue weighted by molar-refractivity contribution is 0.0689. The van der Waals surface area contributed by atoms with Crippen molar-refractivity contribution >= 4 is 15.7 Å². The molecule has 29 heavy (non-hydrogen) atoms. The summed E-state index contributed by atoms with van der Waals surface area (Å²) < 4.78 is 39.5. The summed E-state index contributed by atoms with van der Waals surface area (Å²) in [5, 5.41) is 4.22. The van der Waals surface area contributed by atoms with E-state index in [-0.39, 0.29) is 29.1 Å². The van der Waals surface area contributed by atoms with E-state index >= 15 is 0 Å². The molecule has 7 nitrogen and oxygen atoms in total. The number of aromatic nitrogens is 2. The minimum Gasteiger partial charge on any atom is -0.334 e. The normalized spacial score (nSPS) is 18.3. The smallest absolute Gasteiger partial charge is 0.257 e. The Balaban J connectivity index is 1.88. The van der Waals surface area contributed by atoms with E-state index < -0.39 is 15.7 Å². The summed E-state index contributed by atoms with van der Waals surface area (Å²) >= 11 is 0. The fourth-order valence-electron chi connectivity index (χ4n) is 3.67. The van der Waals surface area contributed by atoms with Crippen molar-refractivity contribution in [2.45, 2.75) is 25.8 Å². The van der Waals surface area contributed by atoms with Gasteiger partial charge in [0.1, 0.15) is 11.5 Å². The van der Waals surface area contributed by atoms with Crippen molar-refractivity contribution < 1.29 is 17.6 Å². The summed E-state index contributed by atoms with van der Waals surface area (Å²) in [4.78, 5) is 17.0. The molecule has 0 saturated carbocycles. The Bertz CT molecular complexity index is 987. The van der Waals surface area contributed by atoms with Crippen LogP contribution in [0.1, 0.15) is 28.9 Å². The maximum atomic E-state index is 14.2. The van der Waals surface area contributed by atoms with E-state index in [4.69, 9.17) is 0 Å². The number of rotatable bonds is 7. The molecule has 0 radical (unpaired) electrons. The Morgan fingerprint density at radius 3 is 2.62 bits per heavy atom. The van der Waals surface area contributed by atoms with Crippen LogP contribution in [0.4, 0.5) is 4.39 Å². The maximum absolute atomic E-state index is 14.2. The Kier molecular flexibility index (Phi) is 6.38. The van der Waals surface area contributed by atoms with E-state index in [0.29, 0.717) is 24.2 Å². The average molecular weight is 423 g/mol. The topological polar surface area (TPSA) is 75.5 Å². The van der Waals surface area contributed by atoms with Crippen LogP contribution in [0, 0.1) is 12.7 Å². The summed E-state index contributed by atoms with van der Waals surface area (Å²) in [6.45, 7) is 2.97. The van der Waals surface area contributed by atoms with Crippen LogP contribution in [0.15, 0.2) is 30.5 Å². The molecule has 1 aromatic carbocycles. The van der Waals surface area contributed by atoms with E-state index in [0.717, 1.165) is 13.0 Å². The Hall–Kier alpha value is -2.26. The first kappa shape index (κ1) is 21.4. The predicted octanol–water partition coefficient (Wildman–Crippen LogP) is 1.90. The first-order valence-electron chi connectivity index (χ1n) is 9.65. The fraction of sp³-hybridized carbons (Fsp3) is 0.500. The zero-order valence-electron chi connectivity index (χ0n) is 17.0. The van der Waals surface area contributed by atoms with Gasteiger partial charge < -0.3 is 9.80 Å². The third kappa shape index (κ3) is 4.84. The molecule has 1 atom stereocenters. The highest BCUT2D eigenvalue weighted by Crippen LogP contribution is 2.23. The second-order valence-electron chi connectivity index (χ2n) is 7.72. The maximum Gasteiger partial charge on any atom is 0.257 e. The zero-order chi connectivity index (χ0) is 21.2. The standard InChI is InChI=1S/C20H27FN4O3S/c1-15-17(13-22-25(15)19-8-5-4-7-18(19)21)20(26)24(11-6-10-23(2)3)16-9-12-29(27,28)14-16/h4-5,7-8,13,16H,6,9-12,14H2,1-3H3. The molecule has 9 heteroatoms. The molecule has 1 fully saturated rings. The van der Waals surface area contributed by atoms with Gasteiger partial charge >= 0.3 is 0 Å². The molecule has 1 aromatic heterocycles. The van der Waals surface area contributed by atoms with Gasteiger partial charge in [0.2, 0.25) is 0 Å². The molecule has 3 rings (SSSR count). The monoisotopic (exact) mass is 422 g/mol. The Morgan fingerprint density at radius 1 is 1.28 bits per heavy atom. The second-order valence-corrected chi connectivity index (χ2v) is 9.95. The van der Waals surface area contributed by atoms with Crippen molar-refractivity contribution in [1.82, 2.24) is 19.6 Å². The van der Waals surface area contributed by atoms with Crippen molar-refractivity contribution in [3.63, 3.8) is 0 Å². The van der Waals surface area contributed by atoms with Crippen LogP contribution in [-0.2, 0) is 9.84 Å². The van der Waals surface area contributed by atoms with Crippen molar-refractivity contribution in [3.8, 4) is 5.69 Å². The molecular formula is C20H27FN4O3S. The van der Waals surface area contributed by atoms with Gasteiger partial charge in [0, 0.05) is 12.6 Å². The minimum atomic E-state index is -3.13. The predicted molar refractivity (Wildman–Crippen MR) is 110 cm³/mol. The number of amides is 1. The molecule has 0 spiro atoms. The van der Waals surface area contributed by atoms with Crippen LogP contribution < -0.4 is 0 Å². The van der Waals surface area contributed by atoms with E-state index in [1.54, 1.807) is 30.0 Å². The quantitative estimate of drug-likeness (QED) is 0.681. The number of carbonyl (C=O) groups is 1. The molecule has 0 bridgehead atoms. The summed E-state index contributed by atoms with van der Waals surface area (Å²) in [5.74, 6) is -0.600. The molecular weight excluding hydrogens is 395 g/mol. The molecule has 0 N–H and O–H groups in total. The van der Waals surface area contributed by atoms with Gasteiger partial charge in [-0.2, -0.15) is 5.10 Å². The van der Waals surface area contributed by atoms with Crippen molar-refractivity contribution in [2.75, 3.05) is 38.7 Å². The lowest BCUT2D eigenvalue weighted by Crippen LogP contribution is -2.42. The van der Waals surface area contributed by atoms with Crippen molar-refractivity contribution in [1.29, 1.82) is 0 Å². The lowest BCUT2D eigenvalue weighted by Gasteiger charge is -2.29. The van der Waals surface area contributed by atoms with Crippen LogP contribution in [0.25, 0.3) is 5.69 Å². The van der Waals surface area contributed by atoms with Crippen molar-refractivity contribution in [3.05, 3.63) is 47.5 Å². The number of para-hydroxylation sites is 1. The average Bonchev–Trinajstić information content (AvgIpc) is 3.20. The van der Waals surface area contributed by atoms with Gasteiger partial charge in [0.15, 0.2) is 9.84 Å². The van der Waals surface area contributed by atoms with Gasteiger partial charge in [-0.15, -0.1) is 0 Å². The van der Waals surface area contributed by atoms with Gasteiger partial charge in [0.05, 0.1) is 29.0 Å². The number of carbonyl (C=O) groups excluding carboxylic acids is 1. The molecule has 158 valence electrons. The number of hydrogen-bond donors (Lipinski definition) is 0. The first-order chi connectivity index (χ1) is 13.7. The summed E-state index contributed by atoms with van der Waals surface area (Å²) in [6.07, 6.45) is 2.61. The Labute approximate surface area is 171 Å². The van der Waals surface area contributed by atoms with Crippen LogP contribution in [0.3, 0.4) is 0 Å². The summed E-state index contributed by atoms with van der Waals surface area (Å²) in [6, 6.07) is 5.90. The molecule has 2 aromatic rings. The SMILES string of the molecule is Cc1c(C(=O)N(CCCN(C)C)C2CCS(=O)(=O)C2)cnn1-c1ccccc1F. The molecule has 1 unspecified atom stereocenters. The number of hydrogen-bond acceptors (Lipinski definition) is 5. The first-order valence-corrected chi connectivity index (χ1v) is 11.5. The number of nitrogens with zero attached hydrogens (tertiary/aromatic N) is 4. The van der Waals surface area contributed by atoms with Crippen LogP contribution in [0.5, 0.6) is 0 Å². The van der Waals surface area contributed by atoms with E-state index in [1.807, 2.05) is 19.0 Å². The van der Waals surface area contributed by atoms with Gasteiger partial charge in [-0.1, -0.05) is 12.1 Å². The molecule has 0 aliphatic carbocycles. The lowest BCUT2D eigenvalue weighted by atomic mass is 10.1. The van der Waals surface area contributed by atoms with Crippen molar-refractivity contribution in [2.24, 2.45) is 0 Å². The van der Waals surface area contributed by atoms with E-state index in [9.17, 15) is 17.6 Å². The second kappa shape index (κ2) is 8.62. The van der Waals surface area contributed by atoms with Gasteiger partial charge in [0.25, 0.3) is 5.91 Å². The van der Waals surface area contributed by atoms with E-state index in [2.05, 4.69) is 5.10 Å². The third-order valence-electron chi connectivity index (χ3n) is 5.24. The molecule has 1 saturated heterocycles. The number of halogens is 1. The third-order valence-corrected chi connectivity index (χ3v) is 6.99. The van der Waals surface area contributed by atoms with Gasteiger partial charge in [-0.3, -0.25) is 4.79 Å². The van der Waals surface area contributed by atoms with Crippen LogP contribution >= 0.6 is 0 Å². The molecule has 1 aliphatic rings. The van der Waals surface area contributed by atoms with Gasteiger partial charge in [-0.05, 0) is 52.5 Å². The van der Waals surface area contributed by atoms with Crippen LogP contribution in [-0.4, -0.2) is 78.6 Å². The molecule has 1 aliphatic heterocycles. The summed E-state index contributed by atoms with van der Waals surface area (Å²) in [7, 11) is 0.781. The largest absolute Gasteiger partial charge is 0.334 e.